The number of methoxy groups -OCH3 is 2. The van der Waals surface area contributed by atoms with Gasteiger partial charge in [0.1, 0.15) is 12.4 Å². The normalized spacial score (nSPS) is 10.1. The van der Waals surface area contributed by atoms with Crippen LogP contribution in [0.3, 0.4) is 0 Å². The average molecular weight is 344 g/mol. The summed E-state index contributed by atoms with van der Waals surface area (Å²) in [5.41, 5.74) is 2.77. The molecule has 0 saturated heterocycles. The number of amides is 2. The molecule has 0 atom stereocenters. The Morgan fingerprint density at radius 1 is 1.00 bits per heavy atom. The van der Waals surface area contributed by atoms with Gasteiger partial charge in [0.05, 0.1) is 20.8 Å². The lowest BCUT2D eigenvalue weighted by molar-refractivity contribution is 0.247. The van der Waals surface area contributed by atoms with Crippen LogP contribution in [0.4, 0.5) is 10.5 Å². The molecule has 25 heavy (non-hydrogen) atoms. The van der Waals surface area contributed by atoms with Gasteiger partial charge in [0.2, 0.25) is 0 Å². The smallest absolute Gasteiger partial charge is 0.319 e. The molecule has 6 nitrogen and oxygen atoms in total. The number of ether oxygens (including phenoxy) is 3. The van der Waals surface area contributed by atoms with Crippen molar-refractivity contribution in [2.24, 2.45) is 0 Å². The zero-order valence-corrected chi connectivity index (χ0v) is 15.0. The lowest BCUT2D eigenvalue weighted by atomic mass is 10.1. The Bertz CT molecular complexity index is 711. The van der Waals surface area contributed by atoms with Crippen molar-refractivity contribution in [1.82, 2.24) is 5.32 Å². The number of nitrogens with one attached hydrogen (secondary N) is 2. The molecule has 134 valence electrons. The fourth-order valence-corrected chi connectivity index (χ4v) is 2.43. The molecule has 2 N–H and O–H groups in total. The highest BCUT2D eigenvalue weighted by atomic mass is 16.5. The van der Waals surface area contributed by atoms with Crippen LogP contribution in [-0.2, 0) is 0 Å². The highest BCUT2D eigenvalue weighted by Crippen LogP contribution is 2.29. The van der Waals surface area contributed by atoms with Crippen LogP contribution in [0, 0.1) is 13.8 Å². The van der Waals surface area contributed by atoms with Gasteiger partial charge in [-0.15, -0.1) is 0 Å². The standard InChI is InChI=1S/C19H24N2O4/c1-13-6-5-7-14(2)18(13)25-11-10-20-19(22)21-15-8-9-16(23-3)17(12-15)24-4/h5-9,12H,10-11H2,1-4H3,(H2,20,21,22). The molecule has 6 heteroatoms. The molecule has 2 rings (SSSR count). The Morgan fingerprint density at radius 3 is 2.32 bits per heavy atom. The van der Waals surface area contributed by atoms with Crippen LogP contribution in [0.1, 0.15) is 11.1 Å². The van der Waals surface area contributed by atoms with Gasteiger partial charge in [-0.1, -0.05) is 18.2 Å². The summed E-state index contributed by atoms with van der Waals surface area (Å²) >= 11 is 0. The second-order valence-electron chi connectivity index (χ2n) is 5.52. The number of benzene rings is 2. The fourth-order valence-electron chi connectivity index (χ4n) is 2.43. The summed E-state index contributed by atoms with van der Waals surface area (Å²) in [5, 5.41) is 5.51. The molecule has 0 spiro atoms. The van der Waals surface area contributed by atoms with Gasteiger partial charge in [-0.05, 0) is 37.1 Å². The van der Waals surface area contributed by atoms with Gasteiger partial charge in [-0.2, -0.15) is 0 Å². The Kier molecular flexibility index (Phi) is 6.51. The molecular weight excluding hydrogens is 320 g/mol. The molecule has 0 aliphatic heterocycles. The summed E-state index contributed by atoms with van der Waals surface area (Å²) in [6, 6.07) is 10.9. The third kappa shape index (κ3) is 5.04. The predicted molar refractivity (Wildman–Crippen MR) is 98.0 cm³/mol. The summed E-state index contributed by atoms with van der Waals surface area (Å²) in [7, 11) is 3.11. The van der Waals surface area contributed by atoms with E-state index in [0.29, 0.717) is 30.3 Å². The van der Waals surface area contributed by atoms with E-state index in [9.17, 15) is 4.79 Å². The Labute approximate surface area is 148 Å². The molecular formula is C19H24N2O4. The van der Waals surface area contributed by atoms with Crippen LogP contribution >= 0.6 is 0 Å². The van der Waals surface area contributed by atoms with Gasteiger partial charge in [0.25, 0.3) is 0 Å². The quantitative estimate of drug-likeness (QED) is 0.754. The summed E-state index contributed by atoms with van der Waals surface area (Å²) in [6.07, 6.45) is 0. The summed E-state index contributed by atoms with van der Waals surface area (Å²) < 4.78 is 16.1. The van der Waals surface area contributed by atoms with E-state index in [1.807, 2.05) is 32.0 Å². The van der Waals surface area contributed by atoms with Crippen molar-refractivity contribution in [1.29, 1.82) is 0 Å². The van der Waals surface area contributed by atoms with E-state index in [0.717, 1.165) is 16.9 Å². The molecule has 2 amide bonds. The van der Waals surface area contributed by atoms with Gasteiger partial charge >= 0.3 is 6.03 Å². The minimum atomic E-state index is -0.308. The number of hydrogen-bond acceptors (Lipinski definition) is 4. The molecule has 0 aromatic heterocycles. The van der Waals surface area contributed by atoms with Crippen molar-refractivity contribution in [2.75, 3.05) is 32.7 Å². The maximum absolute atomic E-state index is 12.0. The van der Waals surface area contributed by atoms with Crippen molar-refractivity contribution >= 4 is 11.7 Å². The van der Waals surface area contributed by atoms with Crippen molar-refractivity contribution in [3.05, 3.63) is 47.5 Å². The minimum absolute atomic E-state index is 0.308. The third-order valence-electron chi connectivity index (χ3n) is 3.68. The van der Waals surface area contributed by atoms with Gasteiger partial charge in [0.15, 0.2) is 11.5 Å². The number of anilines is 1. The lowest BCUT2D eigenvalue weighted by Crippen LogP contribution is -2.32. The van der Waals surface area contributed by atoms with E-state index in [4.69, 9.17) is 14.2 Å². The van der Waals surface area contributed by atoms with Crippen LogP contribution in [0.5, 0.6) is 17.2 Å². The largest absolute Gasteiger partial charge is 0.493 e. The zero-order chi connectivity index (χ0) is 18.2. The van der Waals surface area contributed by atoms with Crippen LogP contribution in [0.15, 0.2) is 36.4 Å². The van der Waals surface area contributed by atoms with Crippen molar-refractivity contribution < 1.29 is 19.0 Å². The van der Waals surface area contributed by atoms with Crippen molar-refractivity contribution in [2.45, 2.75) is 13.8 Å². The lowest BCUT2D eigenvalue weighted by Gasteiger charge is -2.13. The number of carbonyl (C=O) groups excluding carboxylic acids is 1. The van der Waals surface area contributed by atoms with Gasteiger partial charge in [-0.25, -0.2) is 4.79 Å². The van der Waals surface area contributed by atoms with Crippen LogP contribution in [0.2, 0.25) is 0 Å². The summed E-state index contributed by atoms with van der Waals surface area (Å²) in [4.78, 5) is 12.0. The van der Waals surface area contributed by atoms with Gasteiger partial charge in [0, 0.05) is 11.8 Å². The second-order valence-corrected chi connectivity index (χ2v) is 5.52. The first kappa shape index (κ1) is 18.4. The summed E-state index contributed by atoms with van der Waals surface area (Å²) in [5.74, 6) is 2.03. The average Bonchev–Trinajstić information content (AvgIpc) is 2.60. The van der Waals surface area contributed by atoms with Crippen LogP contribution < -0.4 is 24.8 Å². The molecule has 0 radical (unpaired) electrons. The van der Waals surface area contributed by atoms with E-state index >= 15 is 0 Å². The molecule has 0 unspecified atom stereocenters. The molecule has 2 aromatic carbocycles. The van der Waals surface area contributed by atoms with E-state index in [1.54, 1.807) is 32.4 Å². The van der Waals surface area contributed by atoms with Crippen molar-refractivity contribution in [3.63, 3.8) is 0 Å². The molecule has 0 aliphatic rings. The molecule has 0 aliphatic carbocycles. The van der Waals surface area contributed by atoms with Crippen molar-refractivity contribution in [3.8, 4) is 17.2 Å². The number of carbonyl (C=O) groups is 1. The highest BCUT2D eigenvalue weighted by molar-refractivity contribution is 5.89. The Morgan fingerprint density at radius 2 is 1.68 bits per heavy atom. The monoisotopic (exact) mass is 344 g/mol. The van der Waals surface area contributed by atoms with E-state index in [-0.39, 0.29) is 6.03 Å². The topological polar surface area (TPSA) is 68.8 Å². The number of urea groups is 1. The maximum Gasteiger partial charge on any atom is 0.319 e. The molecule has 0 fully saturated rings. The highest BCUT2D eigenvalue weighted by Gasteiger charge is 2.07. The third-order valence-corrected chi connectivity index (χ3v) is 3.68. The van der Waals surface area contributed by atoms with E-state index in [2.05, 4.69) is 10.6 Å². The van der Waals surface area contributed by atoms with Gasteiger partial charge < -0.3 is 24.8 Å². The first-order valence-corrected chi connectivity index (χ1v) is 8.01. The number of para-hydroxylation sites is 1. The number of hydrogen-bond donors (Lipinski definition) is 2. The first-order valence-electron chi connectivity index (χ1n) is 8.01. The SMILES string of the molecule is COc1ccc(NC(=O)NCCOc2c(C)cccc2C)cc1OC. The van der Waals surface area contributed by atoms with E-state index in [1.165, 1.54) is 0 Å². The predicted octanol–water partition coefficient (Wildman–Crippen LogP) is 3.52. The maximum atomic E-state index is 12.0. The summed E-state index contributed by atoms with van der Waals surface area (Å²) in [6.45, 7) is 4.79. The van der Waals surface area contributed by atoms with Crippen LogP contribution in [-0.4, -0.2) is 33.4 Å². The first-order chi connectivity index (χ1) is 12.0. The Hall–Kier alpha value is -2.89. The molecule has 0 saturated carbocycles. The van der Waals surface area contributed by atoms with Gasteiger partial charge in [-0.3, -0.25) is 0 Å². The fraction of sp³-hybridized carbons (Fsp3) is 0.316. The zero-order valence-electron chi connectivity index (χ0n) is 15.0. The number of rotatable bonds is 7. The molecule has 0 bridgehead atoms. The molecule has 2 aromatic rings. The molecule has 0 heterocycles. The Balaban J connectivity index is 1.81. The second kappa shape index (κ2) is 8.82. The van der Waals surface area contributed by atoms with E-state index < -0.39 is 0 Å². The minimum Gasteiger partial charge on any atom is -0.493 e. The number of aryl methyl sites for hydroxylation is 2. The van der Waals surface area contributed by atoms with Crippen LogP contribution in [0.25, 0.3) is 0 Å².